The van der Waals surface area contributed by atoms with Crippen molar-refractivity contribution in [2.45, 2.75) is 39.1 Å². The average molecular weight is 330 g/mol. The van der Waals surface area contributed by atoms with Crippen molar-refractivity contribution in [3.05, 3.63) is 28.2 Å². The summed E-state index contributed by atoms with van der Waals surface area (Å²) in [5.74, 6) is 2.61. The highest BCUT2D eigenvalue weighted by atomic mass is 79.9. The van der Waals surface area contributed by atoms with Crippen LogP contribution in [0.1, 0.15) is 33.3 Å². The van der Waals surface area contributed by atoms with Crippen molar-refractivity contribution in [1.29, 1.82) is 0 Å². The maximum Gasteiger partial charge on any atom is 0.0217 e. The molecule has 0 bridgehead atoms. The zero-order valence-corrected chi connectivity index (χ0v) is 14.2. The van der Waals surface area contributed by atoms with Crippen molar-refractivity contribution in [3.63, 3.8) is 0 Å². The second kappa shape index (κ2) is 8.23. The van der Waals surface area contributed by atoms with Crippen LogP contribution < -0.4 is 5.32 Å². The number of benzene rings is 1. The first-order valence-electron chi connectivity index (χ1n) is 6.61. The van der Waals surface area contributed by atoms with Crippen molar-refractivity contribution in [3.8, 4) is 0 Å². The van der Waals surface area contributed by atoms with Crippen LogP contribution in [0.15, 0.2) is 27.6 Å². The van der Waals surface area contributed by atoms with Crippen molar-refractivity contribution in [2.24, 2.45) is 11.8 Å². The van der Waals surface area contributed by atoms with Gasteiger partial charge in [0.15, 0.2) is 0 Å². The van der Waals surface area contributed by atoms with Crippen LogP contribution in [0.25, 0.3) is 0 Å². The Balaban J connectivity index is 2.64. The quantitative estimate of drug-likeness (QED) is 0.711. The smallest absolute Gasteiger partial charge is 0.0217 e. The van der Waals surface area contributed by atoms with Gasteiger partial charge < -0.3 is 5.32 Å². The first-order valence-corrected chi connectivity index (χ1v) is 8.38. The number of hydrogen-bond acceptors (Lipinski definition) is 2. The summed E-state index contributed by atoms with van der Waals surface area (Å²) in [4.78, 5) is 1.41. The molecule has 3 heteroatoms. The van der Waals surface area contributed by atoms with Gasteiger partial charge in [0.2, 0.25) is 0 Å². The molecule has 1 rings (SSSR count). The van der Waals surface area contributed by atoms with Crippen molar-refractivity contribution in [1.82, 2.24) is 5.32 Å². The van der Waals surface area contributed by atoms with E-state index in [1.165, 1.54) is 16.2 Å². The molecule has 0 aliphatic heterocycles. The summed E-state index contributed by atoms with van der Waals surface area (Å²) in [6.45, 7) is 11.0. The largest absolute Gasteiger partial charge is 0.312 e. The summed E-state index contributed by atoms with van der Waals surface area (Å²) in [6, 6.07) is 6.59. The van der Waals surface area contributed by atoms with Gasteiger partial charge in [0.25, 0.3) is 0 Å². The highest BCUT2D eigenvalue weighted by Crippen LogP contribution is 2.27. The van der Waals surface area contributed by atoms with Gasteiger partial charge in [0.1, 0.15) is 0 Å². The van der Waals surface area contributed by atoms with Crippen molar-refractivity contribution in [2.75, 3.05) is 12.3 Å². The monoisotopic (exact) mass is 329 g/mol. The molecule has 0 aromatic heterocycles. The fourth-order valence-electron chi connectivity index (χ4n) is 1.58. The summed E-state index contributed by atoms with van der Waals surface area (Å²) in [5.41, 5.74) is 1.40. The number of thioether (sulfide) groups is 1. The van der Waals surface area contributed by atoms with Gasteiger partial charge in [0, 0.05) is 21.7 Å². The molecule has 0 aliphatic carbocycles. The molecule has 0 aliphatic rings. The Morgan fingerprint density at radius 3 is 2.50 bits per heavy atom. The molecule has 0 spiro atoms. The summed E-state index contributed by atoms with van der Waals surface area (Å²) in [6.07, 6.45) is 0. The van der Waals surface area contributed by atoms with Gasteiger partial charge >= 0.3 is 0 Å². The molecule has 0 saturated heterocycles. The normalized spacial score (nSPS) is 11.5. The lowest BCUT2D eigenvalue weighted by Crippen LogP contribution is -2.19. The summed E-state index contributed by atoms with van der Waals surface area (Å²) >= 11 is 5.52. The Bertz CT molecular complexity index is 364. The molecule has 18 heavy (non-hydrogen) atoms. The van der Waals surface area contributed by atoms with E-state index in [1.54, 1.807) is 0 Å². The van der Waals surface area contributed by atoms with Crippen LogP contribution in [-0.2, 0) is 6.54 Å². The highest BCUT2D eigenvalue weighted by Gasteiger charge is 2.05. The van der Waals surface area contributed by atoms with Gasteiger partial charge in [-0.25, -0.2) is 0 Å². The van der Waals surface area contributed by atoms with Crippen molar-refractivity contribution < 1.29 is 0 Å². The molecule has 0 amide bonds. The van der Waals surface area contributed by atoms with E-state index < -0.39 is 0 Å². The first kappa shape index (κ1) is 16.1. The zero-order valence-electron chi connectivity index (χ0n) is 11.8. The van der Waals surface area contributed by atoms with E-state index in [-0.39, 0.29) is 0 Å². The van der Waals surface area contributed by atoms with Gasteiger partial charge in [-0.15, -0.1) is 11.8 Å². The highest BCUT2D eigenvalue weighted by molar-refractivity contribution is 9.10. The lowest BCUT2D eigenvalue weighted by Gasteiger charge is -2.13. The molecule has 0 radical (unpaired) electrons. The summed E-state index contributed by atoms with van der Waals surface area (Å²) in [5, 5.41) is 3.52. The minimum atomic E-state index is 0.698. The molecule has 0 fully saturated rings. The van der Waals surface area contributed by atoms with Gasteiger partial charge in [-0.3, -0.25) is 0 Å². The van der Waals surface area contributed by atoms with E-state index in [1.807, 2.05) is 11.8 Å². The third-order valence-electron chi connectivity index (χ3n) is 2.46. The predicted octanol–water partition coefficient (Wildman–Crippen LogP) is 4.94. The molecule has 102 valence electrons. The molecule has 1 N–H and O–H groups in total. The van der Waals surface area contributed by atoms with Crippen LogP contribution in [0.5, 0.6) is 0 Å². The van der Waals surface area contributed by atoms with E-state index in [4.69, 9.17) is 0 Å². The minimum Gasteiger partial charge on any atom is -0.312 e. The Labute approximate surface area is 124 Å². The second-order valence-electron chi connectivity index (χ2n) is 5.48. The van der Waals surface area contributed by atoms with Gasteiger partial charge in [-0.1, -0.05) is 43.6 Å². The molecule has 1 nitrogen and oxygen atoms in total. The second-order valence-corrected chi connectivity index (χ2v) is 7.46. The zero-order chi connectivity index (χ0) is 13.5. The number of hydrogen-bond donors (Lipinski definition) is 1. The Morgan fingerprint density at radius 2 is 1.89 bits per heavy atom. The first-order chi connectivity index (χ1) is 8.49. The van der Waals surface area contributed by atoms with Crippen LogP contribution in [0.3, 0.4) is 0 Å². The number of rotatable bonds is 7. The molecule has 0 heterocycles. The van der Waals surface area contributed by atoms with E-state index >= 15 is 0 Å². The SMILES string of the molecule is CC(C)CNCc1cc(Br)ccc1SCC(C)C. The Kier molecular flexibility index (Phi) is 7.35. The topological polar surface area (TPSA) is 12.0 Å². The molecule has 1 aromatic carbocycles. The molecular weight excluding hydrogens is 306 g/mol. The fourth-order valence-corrected chi connectivity index (χ4v) is 2.98. The standard InChI is InChI=1S/C15H24BrNS/c1-11(2)8-17-9-13-7-14(16)5-6-15(13)18-10-12(3)4/h5-7,11-12,17H,8-10H2,1-4H3. The average Bonchev–Trinajstić information content (AvgIpc) is 2.27. The van der Waals surface area contributed by atoms with Crippen molar-refractivity contribution >= 4 is 27.7 Å². The van der Waals surface area contributed by atoms with E-state index in [0.29, 0.717) is 5.92 Å². The lowest BCUT2D eigenvalue weighted by molar-refractivity contribution is 0.550. The number of nitrogens with one attached hydrogen (secondary N) is 1. The van der Waals surface area contributed by atoms with Crippen LogP contribution >= 0.6 is 27.7 Å². The third-order valence-corrected chi connectivity index (χ3v) is 4.50. The summed E-state index contributed by atoms with van der Waals surface area (Å²) < 4.78 is 1.16. The van der Waals surface area contributed by atoms with Crippen LogP contribution in [0, 0.1) is 11.8 Å². The van der Waals surface area contributed by atoms with E-state index in [9.17, 15) is 0 Å². The summed E-state index contributed by atoms with van der Waals surface area (Å²) in [7, 11) is 0. The Hall–Kier alpha value is 0.01000. The maximum absolute atomic E-state index is 3.56. The predicted molar refractivity (Wildman–Crippen MR) is 86.2 cm³/mol. The minimum absolute atomic E-state index is 0.698. The molecule has 0 atom stereocenters. The third kappa shape index (κ3) is 6.26. The number of halogens is 1. The molecule has 0 saturated carbocycles. The lowest BCUT2D eigenvalue weighted by atomic mass is 10.2. The van der Waals surface area contributed by atoms with E-state index in [2.05, 4.69) is 67.1 Å². The van der Waals surface area contributed by atoms with Gasteiger partial charge in [0.05, 0.1) is 0 Å². The molecular formula is C15H24BrNS. The maximum atomic E-state index is 3.56. The fraction of sp³-hybridized carbons (Fsp3) is 0.600. The van der Waals surface area contributed by atoms with Gasteiger partial charge in [-0.05, 0) is 42.1 Å². The van der Waals surface area contributed by atoms with Crippen LogP contribution in [0.4, 0.5) is 0 Å². The Morgan fingerprint density at radius 1 is 1.17 bits per heavy atom. The van der Waals surface area contributed by atoms with Crippen LogP contribution in [-0.4, -0.2) is 12.3 Å². The molecule has 1 aromatic rings. The molecule has 0 unspecified atom stereocenters. The van der Waals surface area contributed by atoms with Crippen LogP contribution in [0.2, 0.25) is 0 Å². The van der Waals surface area contributed by atoms with Gasteiger partial charge in [-0.2, -0.15) is 0 Å². The van der Waals surface area contributed by atoms with E-state index in [0.717, 1.165) is 23.5 Å².